The number of tetrazole rings is 1. The van der Waals surface area contributed by atoms with Crippen molar-refractivity contribution in [1.29, 1.82) is 0 Å². The summed E-state index contributed by atoms with van der Waals surface area (Å²) in [7, 11) is 0. The maximum absolute atomic E-state index is 5.41. The highest BCUT2D eigenvalue weighted by atomic mass is 16.5. The van der Waals surface area contributed by atoms with E-state index in [9.17, 15) is 0 Å². The fourth-order valence-corrected chi connectivity index (χ4v) is 1.31. The summed E-state index contributed by atoms with van der Waals surface area (Å²) in [5.74, 6) is 0.697. The van der Waals surface area contributed by atoms with Gasteiger partial charge in [-0.25, -0.2) is 5.10 Å². The highest BCUT2D eigenvalue weighted by Crippen LogP contribution is 2.26. The highest BCUT2D eigenvalue weighted by Gasteiger charge is 2.13. The van der Waals surface area contributed by atoms with Crippen LogP contribution in [-0.4, -0.2) is 15.5 Å². The molecule has 0 saturated carbocycles. The minimum Gasteiger partial charge on any atom is -0.449 e. The first-order chi connectivity index (χ1) is 7.55. The van der Waals surface area contributed by atoms with Crippen molar-refractivity contribution >= 4 is 0 Å². The van der Waals surface area contributed by atoms with E-state index < -0.39 is 0 Å². The van der Waals surface area contributed by atoms with Gasteiger partial charge in [-0.1, -0.05) is 32.9 Å². The van der Waals surface area contributed by atoms with E-state index in [0.29, 0.717) is 5.75 Å². The van der Waals surface area contributed by atoms with Gasteiger partial charge in [-0.15, -0.1) is 0 Å². The maximum atomic E-state index is 5.41. The molecule has 0 bridgehead atoms. The van der Waals surface area contributed by atoms with E-state index in [1.807, 2.05) is 18.2 Å². The van der Waals surface area contributed by atoms with Gasteiger partial charge < -0.3 is 4.74 Å². The van der Waals surface area contributed by atoms with Crippen LogP contribution >= 0.6 is 0 Å². The largest absolute Gasteiger partial charge is 0.449 e. The van der Waals surface area contributed by atoms with Crippen LogP contribution in [0.3, 0.4) is 0 Å². The van der Waals surface area contributed by atoms with Gasteiger partial charge >= 0.3 is 0 Å². The van der Waals surface area contributed by atoms with E-state index in [1.54, 1.807) is 0 Å². The van der Waals surface area contributed by atoms with Gasteiger partial charge in [0, 0.05) is 0 Å². The molecule has 0 aliphatic carbocycles. The van der Waals surface area contributed by atoms with Crippen molar-refractivity contribution in [3.8, 4) is 11.8 Å². The molecule has 2 rings (SSSR count). The molecule has 16 heavy (non-hydrogen) atoms. The van der Waals surface area contributed by atoms with Crippen LogP contribution in [-0.2, 0) is 5.41 Å². The number of hydrogen-bond donors (Lipinski definition) is 0. The Labute approximate surface area is 93.8 Å². The van der Waals surface area contributed by atoms with Gasteiger partial charge in [0.1, 0.15) is 5.75 Å². The molecule has 5 heteroatoms. The maximum Gasteiger partial charge on any atom is 0.194 e. The molecule has 0 aliphatic rings. The van der Waals surface area contributed by atoms with Gasteiger partial charge in [0.2, 0.25) is 0 Å². The SMILES string of the molecule is CC(C)(C)c1cccc(Oc2nnn[n-]2)c1. The van der Waals surface area contributed by atoms with Gasteiger partial charge in [0.15, 0.2) is 6.01 Å². The molecule has 0 aliphatic heterocycles. The summed E-state index contributed by atoms with van der Waals surface area (Å²) in [5, 5.41) is 13.9. The van der Waals surface area contributed by atoms with Crippen LogP contribution in [0, 0.1) is 0 Å². The van der Waals surface area contributed by atoms with Gasteiger partial charge in [-0.3, -0.25) is 10.3 Å². The molecule has 0 unspecified atom stereocenters. The standard InChI is InChI=1S/C11H13N4O/c1-11(2,3)8-5-4-6-9(7-8)16-10-12-14-15-13-10/h4-7H,1-3H3/q-1. The lowest BCUT2D eigenvalue weighted by Gasteiger charge is -2.19. The first kappa shape index (κ1) is 10.6. The van der Waals surface area contributed by atoms with Crippen molar-refractivity contribution < 1.29 is 4.74 Å². The summed E-state index contributed by atoms with van der Waals surface area (Å²) in [6, 6.07) is 8.00. The summed E-state index contributed by atoms with van der Waals surface area (Å²) in [5.41, 5.74) is 1.28. The monoisotopic (exact) mass is 217 g/mol. The van der Waals surface area contributed by atoms with E-state index in [-0.39, 0.29) is 11.4 Å². The van der Waals surface area contributed by atoms with Crippen molar-refractivity contribution in [1.82, 2.24) is 20.6 Å². The average Bonchev–Trinajstić information content (AvgIpc) is 2.70. The zero-order valence-electron chi connectivity index (χ0n) is 9.51. The number of benzene rings is 1. The molecule has 1 heterocycles. The second kappa shape index (κ2) is 3.92. The molecular formula is C11H13N4O-. The predicted octanol–water partition coefficient (Wildman–Crippen LogP) is 1.92. The Morgan fingerprint density at radius 1 is 1.25 bits per heavy atom. The molecule has 1 aromatic carbocycles. The Kier molecular flexibility index (Phi) is 2.60. The van der Waals surface area contributed by atoms with Gasteiger partial charge in [0.25, 0.3) is 0 Å². The number of nitrogens with zero attached hydrogens (tertiary/aromatic N) is 4. The zero-order valence-corrected chi connectivity index (χ0v) is 9.51. The van der Waals surface area contributed by atoms with Crippen LogP contribution in [0.25, 0.3) is 0 Å². The first-order valence-electron chi connectivity index (χ1n) is 5.03. The minimum atomic E-state index is 0.0861. The van der Waals surface area contributed by atoms with Crippen LogP contribution < -0.4 is 9.84 Å². The van der Waals surface area contributed by atoms with E-state index in [4.69, 9.17) is 4.74 Å². The van der Waals surface area contributed by atoms with Crippen LogP contribution in [0.5, 0.6) is 11.8 Å². The second-order valence-electron chi connectivity index (χ2n) is 4.54. The molecule has 84 valence electrons. The number of hydrogen-bond acceptors (Lipinski definition) is 4. The zero-order chi connectivity index (χ0) is 11.6. The molecule has 0 saturated heterocycles. The van der Waals surface area contributed by atoms with Crippen LogP contribution in [0.2, 0.25) is 0 Å². The fraction of sp³-hybridized carbons (Fsp3) is 0.364. The molecule has 0 fully saturated rings. The Morgan fingerprint density at radius 3 is 2.69 bits per heavy atom. The summed E-state index contributed by atoms with van der Waals surface area (Å²) < 4.78 is 5.41. The molecule has 1 aromatic heterocycles. The fourth-order valence-electron chi connectivity index (χ4n) is 1.31. The average molecular weight is 217 g/mol. The van der Waals surface area contributed by atoms with Gasteiger partial charge in [-0.2, -0.15) is 5.21 Å². The smallest absolute Gasteiger partial charge is 0.194 e. The first-order valence-corrected chi connectivity index (χ1v) is 5.03. The quantitative estimate of drug-likeness (QED) is 0.769. The lowest BCUT2D eigenvalue weighted by Crippen LogP contribution is -2.10. The van der Waals surface area contributed by atoms with Crippen LogP contribution in [0.4, 0.5) is 0 Å². The molecule has 5 nitrogen and oxygen atoms in total. The topological polar surface area (TPSA) is 62.0 Å². The molecule has 0 atom stereocenters. The van der Waals surface area contributed by atoms with Crippen LogP contribution in [0.15, 0.2) is 24.3 Å². The number of rotatable bonds is 2. The Balaban J connectivity index is 2.23. The van der Waals surface area contributed by atoms with Crippen molar-refractivity contribution in [3.63, 3.8) is 0 Å². The summed E-state index contributed by atoms with van der Waals surface area (Å²) in [4.78, 5) is 0. The van der Waals surface area contributed by atoms with Crippen molar-refractivity contribution in [3.05, 3.63) is 29.8 Å². The Bertz CT molecular complexity index is 459. The summed E-state index contributed by atoms with van der Waals surface area (Å²) in [6.07, 6.45) is 0. The molecule has 0 spiro atoms. The van der Waals surface area contributed by atoms with E-state index in [0.717, 1.165) is 0 Å². The Morgan fingerprint density at radius 2 is 2.06 bits per heavy atom. The Hall–Kier alpha value is -1.91. The lowest BCUT2D eigenvalue weighted by molar-refractivity contribution is 0.437. The van der Waals surface area contributed by atoms with Crippen LogP contribution in [0.1, 0.15) is 26.3 Å². The van der Waals surface area contributed by atoms with E-state index >= 15 is 0 Å². The van der Waals surface area contributed by atoms with E-state index in [1.165, 1.54) is 5.56 Å². The molecule has 2 aromatic rings. The predicted molar refractivity (Wildman–Crippen MR) is 58.4 cm³/mol. The van der Waals surface area contributed by atoms with Crippen molar-refractivity contribution in [2.45, 2.75) is 26.2 Å². The molecule has 0 N–H and O–H groups in total. The second-order valence-corrected chi connectivity index (χ2v) is 4.54. The van der Waals surface area contributed by atoms with Crippen molar-refractivity contribution in [2.75, 3.05) is 0 Å². The summed E-state index contributed by atoms with van der Waals surface area (Å²) >= 11 is 0. The molecular weight excluding hydrogens is 204 g/mol. The third-order valence-corrected chi connectivity index (χ3v) is 2.21. The number of ether oxygens (including phenoxy) is 1. The number of aromatic nitrogens is 4. The third kappa shape index (κ3) is 2.36. The lowest BCUT2D eigenvalue weighted by atomic mass is 9.87. The minimum absolute atomic E-state index is 0.0861. The molecule has 0 amide bonds. The van der Waals surface area contributed by atoms with Crippen molar-refractivity contribution in [2.24, 2.45) is 0 Å². The molecule has 0 radical (unpaired) electrons. The summed E-state index contributed by atoms with van der Waals surface area (Å²) in [6.45, 7) is 6.44. The third-order valence-electron chi connectivity index (χ3n) is 2.21. The van der Waals surface area contributed by atoms with Gasteiger partial charge in [0.05, 0.1) is 0 Å². The van der Waals surface area contributed by atoms with Gasteiger partial charge in [-0.05, 0) is 23.1 Å². The van der Waals surface area contributed by atoms with E-state index in [2.05, 4.69) is 47.5 Å². The normalized spacial score (nSPS) is 11.4. The highest BCUT2D eigenvalue weighted by molar-refractivity contribution is 5.33.